The smallest absolute Gasteiger partial charge is 0.252 e. The Morgan fingerprint density at radius 1 is 1.44 bits per heavy atom. The maximum absolute atomic E-state index is 11.9. The SMILES string of the molecule is Cn1ccnc1CCNC(=O)c1ccccc1Cl. The van der Waals surface area contributed by atoms with Gasteiger partial charge >= 0.3 is 0 Å². The molecule has 0 aliphatic heterocycles. The molecule has 0 spiro atoms. The molecule has 0 saturated heterocycles. The van der Waals surface area contributed by atoms with E-state index in [0.717, 1.165) is 5.82 Å². The Balaban J connectivity index is 1.90. The third kappa shape index (κ3) is 2.90. The molecule has 1 aromatic carbocycles. The van der Waals surface area contributed by atoms with Crippen molar-refractivity contribution >= 4 is 17.5 Å². The Bertz CT molecular complexity index is 551. The van der Waals surface area contributed by atoms with Gasteiger partial charge in [0.15, 0.2) is 0 Å². The first-order valence-corrected chi connectivity index (χ1v) is 6.05. The number of nitrogens with one attached hydrogen (secondary N) is 1. The van der Waals surface area contributed by atoms with Crippen molar-refractivity contribution in [2.45, 2.75) is 6.42 Å². The van der Waals surface area contributed by atoms with Crippen molar-refractivity contribution < 1.29 is 4.79 Å². The van der Waals surface area contributed by atoms with Gasteiger partial charge in [0.2, 0.25) is 0 Å². The van der Waals surface area contributed by atoms with Crippen LogP contribution in [0.15, 0.2) is 36.7 Å². The van der Waals surface area contributed by atoms with Crippen molar-refractivity contribution in [1.29, 1.82) is 0 Å². The molecule has 0 atom stereocenters. The van der Waals surface area contributed by atoms with Gasteiger partial charge in [0.25, 0.3) is 5.91 Å². The lowest BCUT2D eigenvalue weighted by molar-refractivity contribution is 0.0954. The van der Waals surface area contributed by atoms with Crippen molar-refractivity contribution in [2.24, 2.45) is 7.05 Å². The molecule has 0 aliphatic rings. The third-order valence-corrected chi connectivity index (χ3v) is 3.00. The number of rotatable bonds is 4. The predicted octanol–water partition coefficient (Wildman–Crippen LogP) is 2.05. The van der Waals surface area contributed by atoms with Crippen LogP contribution in [0.2, 0.25) is 5.02 Å². The van der Waals surface area contributed by atoms with Crippen molar-refractivity contribution in [3.05, 3.63) is 53.1 Å². The van der Waals surface area contributed by atoms with Crippen LogP contribution in [0.25, 0.3) is 0 Å². The van der Waals surface area contributed by atoms with Gasteiger partial charge in [0.05, 0.1) is 10.6 Å². The van der Waals surface area contributed by atoms with Crippen molar-refractivity contribution in [1.82, 2.24) is 14.9 Å². The Labute approximate surface area is 111 Å². The second-order valence-corrected chi connectivity index (χ2v) is 4.35. The molecule has 2 aromatic rings. The third-order valence-electron chi connectivity index (χ3n) is 2.67. The maximum Gasteiger partial charge on any atom is 0.252 e. The molecule has 2 rings (SSSR count). The highest BCUT2D eigenvalue weighted by Crippen LogP contribution is 2.14. The number of nitrogens with zero attached hydrogens (tertiary/aromatic N) is 2. The predicted molar refractivity (Wildman–Crippen MR) is 70.7 cm³/mol. The topological polar surface area (TPSA) is 46.9 Å². The van der Waals surface area contributed by atoms with E-state index in [-0.39, 0.29) is 5.91 Å². The minimum atomic E-state index is -0.158. The van der Waals surface area contributed by atoms with E-state index < -0.39 is 0 Å². The molecular formula is C13H14ClN3O. The van der Waals surface area contributed by atoms with E-state index in [4.69, 9.17) is 11.6 Å². The summed E-state index contributed by atoms with van der Waals surface area (Å²) in [5.74, 6) is 0.782. The fraction of sp³-hybridized carbons (Fsp3) is 0.231. The monoisotopic (exact) mass is 263 g/mol. The summed E-state index contributed by atoms with van der Waals surface area (Å²) in [6.45, 7) is 0.537. The Morgan fingerprint density at radius 2 is 2.22 bits per heavy atom. The highest BCUT2D eigenvalue weighted by Gasteiger charge is 2.08. The van der Waals surface area contributed by atoms with Crippen LogP contribution in [0.1, 0.15) is 16.2 Å². The Hall–Kier alpha value is -1.81. The van der Waals surface area contributed by atoms with Crippen molar-refractivity contribution in [3.63, 3.8) is 0 Å². The molecule has 0 aliphatic carbocycles. The van der Waals surface area contributed by atoms with E-state index in [1.165, 1.54) is 0 Å². The molecule has 0 radical (unpaired) electrons. The average molecular weight is 264 g/mol. The lowest BCUT2D eigenvalue weighted by Gasteiger charge is -2.06. The fourth-order valence-electron chi connectivity index (χ4n) is 1.67. The standard InChI is InChI=1S/C13H14ClN3O/c1-17-9-8-15-12(17)6-7-16-13(18)10-4-2-3-5-11(10)14/h2-5,8-9H,6-7H2,1H3,(H,16,18). The fourth-order valence-corrected chi connectivity index (χ4v) is 1.89. The second-order valence-electron chi connectivity index (χ2n) is 3.94. The van der Waals surface area contributed by atoms with Crippen LogP contribution in [0.4, 0.5) is 0 Å². The number of carbonyl (C=O) groups is 1. The van der Waals surface area contributed by atoms with Gasteiger partial charge in [0.1, 0.15) is 5.82 Å². The van der Waals surface area contributed by atoms with Gasteiger partial charge in [-0.1, -0.05) is 23.7 Å². The van der Waals surface area contributed by atoms with E-state index >= 15 is 0 Å². The van der Waals surface area contributed by atoms with E-state index in [1.807, 2.05) is 17.8 Å². The molecule has 1 amide bonds. The molecule has 1 N–H and O–H groups in total. The average Bonchev–Trinajstić information content (AvgIpc) is 2.75. The summed E-state index contributed by atoms with van der Waals surface area (Å²) in [5.41, 5.74) is 0.499. The number of amides is 1. The summed E-state index contributed by atoms with van der Waals surface area (Å²) in [6.07, 6.45) is 4.32. The quantitative estimate of drug-likeness (QED) is 0.918. The maximum atomic E-state index is 11.9. The summed E-state index contributed by atoms with van der Waals surface area (Å²) in [4.78, 5) is 16.0. The zero-order valence-corrected chi connectivity index (χ0v) is 10.8. The first-order chi connectivity index (χ1) is 8.68. The van der Waals surface area contributed by atoms with Gasteiger partial charge in [-0.05, 0) is 12.1 Å². The van der Waals surface area contributed by atoms with Gasteiger partial charge < -0.3 is 9.88 Å². The zero-order chi connectivity index (χ0) is 13.0. The summed E-state index contributed by atoms with van der Waals surface area (Å²) in [5, 5.41) is 3.29. The normalized spacial score (nSPS) is 10.3. The summed E-state index contributed by atoms with van der Waals surface area (Å²) < 4.78 is 1.93. The van der Waals surface area contributed by atoms with E-state index in [2.05, 4.69) is 10.3 Å². The van der Waals surface area contributed by atoms with Crippen LogP contribution in [0.3, 0.4) is 0 Å². The molecule has 1 heterocycles. The van der Waals surface area contributed by atoms with E-state index in [0.29, 0.717) is 23.6 Å². The molecule has 0 bridgehead atoms. The minimum absolute atomic E-state index is 0.158. The number of carbonyl (C=O) groups excluding carboxylic acids is 1. The summed E-state index contributed by atoms with van der Waals surface area (Å²) >= 11 is 5.95. The van der Waals surface area contributed by atoms with Crippen LogP contribution in [-0.2, 0) is 13.5 Å². The number of aryl methyl sites for hydroxylation is 1. The molecule has 4 nitrogen and oxygen atoms in total. The Morgan fingerprint density at radius 3 is 2.89 bits per heavy atom. The number of hydrogen-bond acceptors (Lipinski definition) is 2. The second kappa shape index (κ2) is 5.69. The first kappa shape index (κ1) is 12.6. The van der Waals surface area contributed by atoms with Gasteiger partial charge in [-0.2, -0.15) is 0 Å². The highest BCUT2D eigenvalue weighted by atomic mass is 35.5. The molecule has 18 heavy (non-hydrogen) atoms. The van der Waals surface area contributed by atoms with Crippen LogP contribution < -0.4 is 5.32 Å². The zero-order valence-electron chi connectivity index (χ0n) is 10.1. The van der Waals surface area contributed by atoms with E-state index in [1.54, 1.807) is 30.5 Å². The number of imidazole rings is 1. The van der Waals surface area contributed by atoms with Gasteiger partial charge in [0, 0.05) is 32.4 Å². The van der Waals surface area contributed by atoms with Gasteiger partial charge in [-0.3, -0.25) is 4.79 Å². The van der Waals surface area contributed by atoms with Crippen molar-refractivity contribution in [2.75, 3.05) is 6.54 Å². The van der Waals surface area contributed by atoms with Crippen LogP contribution >= 0.6 is 11.6 Å². The lowest BCUT2D eigenvalue weighted by atomic mass is 10.2. The van der Waals surface area contributed by atoms with Gasteiger partial charge in [-0.25, -0.2) is 4.98 Å². The number of benzene rings is 1. The Kier molecular flexibility index (Phi) is 3.99. The molecule has 0 saturated carbocycles. The molecule has 1 aromatic heterocycles. The lowest BCUT2D eigenvalue weighted by Crippen LogP contribution is -2.26. The van der Waals surface area contributed by atoms with Crippen molar-refractivity contribution in [3.8, 4) is 0 Å². The first-order valence-electron chi connectivity index (χ1n) is 5.67. The van der Waals surface area contributed by atoms with Crippen LogP contribution in [0.5, 0.6) is 0 Å². The highest BCUT2D eigenvalue weighted by molar-refractivity contribution is 6.33. The van der Waals surface area contributed by atoms with Gasteiger partial charge in [-0.15, -0.1) is 0 Å². The molecule has 94 valence electrons. The van der Waals surface area contributed by atoms with Crippen LogP contribution in [-0.4, -0.2) is 22.0 Å². The summed E-state index contributed by atoms with van der Waals surface area (Å²) in [7, 11) is 1.93. The molecule has 0 unspecified atom stereocenters. The number of hydrogen-bond donors (Lipinski definition) is 1. The molecule has 5 heteroatoms. The van der Waals surface area contributed by atoms with Crippen LogP contribution in [0, 0.1) is 0 Å². The van der Waals surface area contributed by atoms with E-state index in [9.17, 15) is 4.79 Å². The summed E-state index contributed by atoms with van der Waals surface area (Å²) in [6, 6.07) is 7.00. The largest absolute Gasteiger partial charge is 0.352 e. The molecular weight excluding hydrogens is 250 g/mol. The number of halogens is 1. The molecule has 0 fully saturated rings. The minimum Gasteiger partial charge on any atom is -0.352 e. The number of aromatic nitrogens is 2.